The van der Waals surface area contributed by atoms with Gasteiger partial charge in [0.15, 0.2) is 0 Å². The van der Waals surface area contributed by atoms with E-state index >= 15 is 0 Å². The number of rotatable bonds is 6. The van der Waals surface area contributed by atoms with Crippen molar-refractivity contribution in [1.82, 2.24) is 4.90 Å². The van der Waals surface area contributed by atoms with Gasteiger partial charge in [0, 0.05) is 13.1 Å². The lowest BCUT2D eigenvalue weighted by Gasteiger charge is -2.21. The van der Waals surface area contributed by atoms with Gasteiger partial charge in [-0.3, -0.25) is 4.90 Å². The fourth-order valence-corrected chi connectivity index (χ4v) is 2.29. The average Bonchev–Trinajstić information content (AvgIpc) is 3.21. The van der Waals surface area contributed by atoms with Crippen LogP contribution in [-0.4, -0.2) is 23.1 Å². The molecule has 2 nitrogen and oxygen atoms in total. The van der Waals surface area contributed by atoms with Crippen molar-refractivity contribution < 1.29 is 5.11 Å². The van der Waals surface area contributed by atoms with Crippen LogP contribution in [0.2, 0.25) is 0 Å². The predicted octanol–water partition coefficient (Wildman–Crippen LogP) is 4.35. The van der Waals surface area contributed by atoms with E-state index in [0.717, 1.165) is 18.0 Å². The van der Waals surface area contributed by atoms with E-state index in [1.807, 2.05) is 32.9 Å². The lowest BCUT2D eigenvalue weighted by atomic mass is 10.1. The summed E-state index contributed by atoms with van der Waals surface area (Å²) >= 11 is 0. The lowest BCUT2D eigenvalue weighted by Crippen LogP contribution is -2.26. The molecule has 2 heteroatoms. The first-order chi connectivity index (χ1) is 9.19. The summed E-state index contributed by atoms with van der Waals surface area (Å²) < 4.78 is 0. The van der Waals surface area contributed by atoms with E-state index in [1.165, 1.54) is 37.9 Å². The van der Waals surface area contributed by atoms with Gasteiger partial charge in [-0.2, -0.15) is 0 Å². The standard InChI is InChI=1S/C15H23NO.C2H6/c1-3-8-16(10-13-4-5-13)11-14-6-7-15(17)12(2)9-14;1-2/h6-7,9,13,17H,3-5,8,10-11H2,1-2H3;1-2H3. The molecule has 0 amide bonds. The quantitative estimate of drug-likeness (QED) is 0.825. The zero-order valence-corrected chi connectivity index (χ0v) is 12.9. The average molecular weight is 263 g/mol. The maximum absolute atomic E-state index is 9.52. The molecule has 0 heterocycles. The van der Waals surface area contributed by atoms with Crippen molar-refractivity contribution in [2.24, 2.45) is 5.92 Å². The summed E-state index contributed by atoms with van der Waals surface area (Å²) in [4.78, 5) is 2.55. The summed E-state index contributed by atoms with van der Waals surface area (Å²) in [6, 6.07) is 5.95. The third-order valence-corrected chi connectivity index (χ3v) is 3.42. The van der Waals surface area contributed by atoms with Crippen molar-refractivity contribution in [3.63, 3.8) is 0 Å². The first-order valence-electron chi connectivity index (χ1n) is 7.70. The van der Waals surface area contributed by atoms with Crippen LogP contribution in [0.4, 0.5) is 0 Å². The Morgan fingerprint density at radius 3 is 2.47 bits per heavy atom. The second-order valence-corrected chi connectivity index (χ2v) is 5.30. The Hall–Kier alpha value is -1.02. The number of phenolic OH excluding ortho intramolecular Hbond substituents is 1. The molecule has 1 saturated carbocycles. The van der Waals surface area contributed by atoms with E-state index < -0.39 is 0 Å². The minimum atomic E-state index is 0.401. The summed E-state index contributed by atoms with van der Waals surface area (Å²) in [5.41, 5.74) is 2.29. The maximum atomic E-state index is 9.52. The highest BCUT2D eigenvalue weighted by molar-refractivity contribution is 5.34. The van der Waals surface area contributed by atoms with E-state index in [2.05, 4.69) is 17.9 Å². The second-order valence-electron chi connectivity index (χ2n) is 5.30. The molecule has 0 aromatic heterocycles. The third kappa shape index (κ3) is 5.65. The van der Waals surface area contributed by atoms with Crippen LogP contribution < -0.4 is 0 Å². The van der Waals surface area contributed by atoms with Crippen LogP contribution in [0.1, 0.15) is 51.2 Å². The Morgan fingerprint density at radius 1 is 1.26 bits per heavy atom. The third-order valence-electron chi connectivity index (χ3n) is 3.42. The molecular weight excluding hydrogens is 234 g/mol. The Bertz CT molecular complexity index is 372. The highest BCUT2D eigenvalue weighted by Gasteiger charge is 2.23. The molecule has 1 aliphatic rings. The molecule has 108 valence electrons. The molecule has 1 aliphatic carbocycles. The van der Waals surface area contributed by atoms with Gasteiger partial charge in [0.05, 0.1) is 0 Å². The molecule has 1 fully saturated rings. The van der Waals surface area contributed by atoms with E-state index in [-0.39, 0.29) is 0 Å². The van der Waals surface area contributed by atoms with Crippen LogP contribution in [0.3, 0.4) is 0 Å². The summed E-state index contributed by atoms with van der Waals surface area (Å²) in [6.07, 6.45) is 4.04. The van der Waals surface area contributed by atoms with Crippen LogP contribution >= 0.6 is 0 Å². The first-order valence-corrected chi connectivity index (χ1v) is 7.70. The van der Waals surface area contributed by atoms with Gasteiger partial charge in [-0.05, 0) is 55.8 Å². The van der Waals surface area contributed by atoms with Crippen LogP contribution in [0.15, 0.2) is 18.2 Å². The SMILES string of the molecule is CC.CCCN(Cc1ccc(O)c(C)c1)CC1CC1. The number of phenols is 1. The van der Waals surface area contributed by atoms with Crippen molar-refractivity contribution in [2.75, 3.05) is 13.1 Å². The molecule has 0 saturated heterocycles. The van der Waals surface area contributed by atoms with E-state index in [0.29, 0.717) is 5.75 Å². The Morgan fingerprint density at radius 2 is 1.95 bits per heavy atom. The summed E-state index contributed by atoms with van der Waals surface area (Å²) in [7, 11) is 0. The van der Waals surface area contributed by atoms with Crippen LogP contribution in [0, 0.1) is 12.8 Å². The van der Waals surface area contributed by atoms with Crippen molar-refractivity contribution in [3.8, 4) is 5.75 Å². The molecule has 1 aromatic rings. The smallest absolute Gasteiger partial charge is 0.118 e. The maximum Gasteiger partial charge on any atom is 0.118 e. The number of aromatic hydroxyl groups is 1. The van der Waals surface area contributed by atoms with Crippen molar-refractivity contribution >= 4 is 0 Å². The van der Waals surface area contributed by atoms with Gasteiger partial charge in [-0.15, -0.1) is 0 Å². The number of benzene rings is 1. The van der Waals surface area contributed by atoms with E-state index in [4.69, 9.17) is 0 Å². The molecule has 0 atom stereocenters. The van der Waals surface area contributed by atoms with Crippen LogP contribution in [0.25, 0.3) is 0 Å². The van der Waals surface area contributed by atoms with Gasteiger partial charge in [0.2, 0.25) is 0 Å². The van der Waals surface area contributed by atoms with Crippen molar-refractivity contribution in [3.05, 3.63) is 29.3 Å². The van der Waals surface area contributed by atoms with Crippen molar-refractivity contribution in [2.45, 2.75) is 53.5 Å². The Labute approximate surface area is 118 Å². The topological polar surface area (TPSA) is 23.5 Å². The molecule has 1 aromatic carbocycles. The normalized spacial score (nSPS) is 14.2. The number of aryl methyl sites for hydroxylation is 1. The summed E-state index contributed by atoms with van der Waals surface area (Å²) in [6.45, 7) is 11.6. The molecule has 0 aliphatic heterocycles. The van der Waals surface area contributed by atoms with Gasteiger partial charge in [-0.1, -0.05) is 32.9 Å². The summed E-state index contributed by atoms with van der Waals surface area (Å²) in [5, 5.41) is 9.52. The van der Waals surface area contributed by atoms with Gasteiger partial charge in [-0.25, -0.2) is 0 Å². The second kappa shape index (κ2) is 8.21. The number of hydrogen-bond donors (Lipinski definition) is 1. The van der Waals surface area contributed by atoms with Gasteiger partial charge < -0.3 is 5.11 Å². The number of hydrogen-bond acceptors (Lipinski definition) is 2. The zero-order chi connectivity index (χ0) is 14.3. The predicted molar refractivity (Wildman–Crippen MR) is 82.5 cm³/mol. The lowest BCUT2D eigenvalue weighted by molar-refractivity contribution is 0.255. The fraction of sp³-hybridized carbons (Fsp3) is 0.647. The van der Waals surface area contributed by atoms with Gasteiger partial charge in [0.1, 0.15) is 5.75 Å². The molecule has 0 bridgehead atoms. The van der Waals surface area contributed by atoms with Crippen LogP contribution in [0.5, 0.6) is 5.75 Å². The molecule has 19 heavy (non-hydrogen) atoms. The van der Waals surface area contributed by atoms with Crippen molar-refractivity contribution in [1.29, 1.82) is 0 Å². The zero-order valence-electron chi connectivity index (χ0n) is 12.9. The summed E-state index contributed by atoms with van der Waals surface area (Å²) in [5.74, 6) is 1.35. The monoisotopic (exact) mass is 263 g/mol. The largest absolute Gasteiger partial charge is 0.508 e. The van der Waals surface area contributed by atoms with E-state index in [9.17, 15) is 5.11 Å². The molecule has 2 rings (SSSR count). The molecule has 0 unspecified atom stereocenters. The Balaban J connectivity index is 0.000000861. The van der Waals surface area contributed by atoms with Gasteiger partial charge in [0.25, 0.3) is 0 Å². The minimum absolute atomic E-state index is 0.401. The fourth-order valence-electron chi connectivity index (χ4n) is 2.29. The van der Waals surface area contributed by atoms with Crippen LogP contribution in [-0.2, 0) is 6.54 Å². The van der Waals surface area contributed by atoms with Gasteiger partial charge >= 0.3 is 0 Å². The molecule has 0 radical (unpaired) electrons. The highest BCUT2D eigenvalue weighted by atomic mass is 16.3. The molecule has 1 N–H and O–H groups in total. The van der Waals surface area contributed by atoms with E-state index in [1.54, 1.807) is 0 Å². The minimum Gasteiger partial charge on any atom is -0.508 e. The molecule has 0 spiro atoms. The highest BCUT2D eigenvalue weighted by Crippen LogP contribution is 2.30. The Kier molecular flexibility index (Phi) is 6.93. The number of nitrogens with zero attached hydrogens (tertiary/aromatic N) is 1. The molecular formula is C17H29NO. The first kappa shape index (κ1) is 16.0.